The van der Waals surface area contributed by atoms with E-state index in [1.54, 1.807) is 23.1 Å². The number of hydrogen-bond donors (Lipinski definition) is 2. The summed E-state index contributed by atoms with van der Waals surface area (Å²) in [6.07, 6.45) is 3.30. The topological polar surface area (TPSA) is 90.8 Å². The van der Waals surface area contributed by atoms with Gasteiger partial charge in [-0.05, 0) is 55.7 Å². The number of urea groups is 1. The van der Waals surface area contributed by atoms with E-state index in [1.807, 2.05) is 54.6 Å². The van der Waals surface area contributed by atoms with Crippen LogP contribution in [0.3, 0.4) is 0 Å². The zero-order valence-corrected chi connectivity index (χ0v) is 17.8. The van der Waals surface area contributed by atoms with Gasteiger partial charge in [-0.2, -0.15) is 4.98 Å². The average molecular weight is 431 g/mol. The molecule has 32 heavy (non-hydrogen) atoms. The van der Waals surface area contributed by atoms with Crippen LogP contribution in [0.1, 0.15) is 24.8 Å². The number of aliphatic hydroxyl groups excluding tert-OH is 1. The second kappa shape index (κ2) is 8.47. The van der Waals surface area contributed by atoms with Gasteiger partial charge < -0.3 is 15.2 Å². The van der Waals surface area contributed by atoms with Crippen molar-refractivity contribution >= 4 is 29.2 Å². The van der Waals surface area contributed by atoms with Crippen molar-refractivity contribution in [2.24, 2.45) is 0 Å². The summed E-state index contributed by atoms with van der Waals surface area (Å²) >= 11 is 0. The van der Waals surface area contributed by atoms with Crippen LogP contribution in [-0.2, 0) is 6.54 Å². The lowest BCUT2D eigenvalue weighted by Gasteiger charge is -2.39. The van der Waals surface area contributed by atoms with Crippen molar-refractivity contribution in [1.29, 1.82) is 0 Å². The van der Waals surface area contributed by atoms with E-state index < -0.39 is 6.10 Å². The number of ether oxygens (including phenoxy) is 1. The Labute approximate surface area is 186 Å². The minimum atomic E-state index is -0.406. The number of nitrogens with one attached hydrogen (secondary N) is 1. The van der Waals surface area contributed by atoms with Gasteiger partial charge in [-0.1, -0.05) is 18.2 Å². The predicted molar refractivity (Wildman–Crippen MR) is 122 cm³/mol. The van der Waals surface area contributed by atoms with E-state index in [4.69, 9.17) is 9.72 Å². The van der Waals surface area contributed by atoms with Crippen LogP contribution in [0.15, 0.2) is 60.8 Å². The number of nitrogens with zero attached hydrogens (tertiary/aromatic N) is 4. The molecule has 2 amide bonds. The maximum atomic E-state index is 13.7. The van der Waals surface area contributed by atoms with Crippen LogP contribution in [0.5, 0.6) is 5.75 Å². The van der Waals surface area contributed by atoms with E-state index in [-0.39, 0.29) is 12.1 Å². The molecule has 164 valence electrons. The fourth-order valence-electron chi connectivity index (χ4n) is 4.35. The number of hydrogen-bond acceptors (Lipinski definition) is 6. The van der Waals surface area contributed by atoms with Gasteiger partial charge in [-0.15, -0.1) is 0 Å². The number of rotatable bonds is 5. The van der Waals surface area contributed by atoms with Gasteiger partial charge in [-0.25, -0.2) is 9.78 Å². The van der Waals surface area contributed by atoms with Crippen molar-refractivity contribution in [2.75, 3.05) is 22.2 Å². The minimum Gasteiger partial charge on any atom is -0.497 e. The third-order valence-corrected chi connectivity index (χ3v) is 5.99. The van der Waals surface area contributed by atoms with Crippen LogP contribution in [0.2, 0.25) is 0 Å². The van der Waals surface area contributed by atoms with E-state index in [1.165, 1.54) is 0 Å². The molecule has 1 aromatic heterocycles. The predicted octanol–water partition coefficient (Wildman–Crippen LogP) is 4.09. The molecule has 0 saturated heterocycles. The molecule has 3 aromatic rings. The molecular formula is C24H25N5O3. The number of para-hydroxylation sites is 1. The first-order chi connectivity index (χ1) is 15.6. The highest BCUT2D eigenvalue weighted by Crippen LogP contribution is 2.37. The Hall–Kier alpha value is -3.65. The molecule has 2 aromatic carbocycles. The molecule has 1 fully saturated rings. The molecule has 8 nitrogen and oxygen atoms in total. The molecule has 1 aliphatic heterocycles. The number of aromatic nitrogens is 2. The number of anilines is 4. The first-order valence-electron chi connectivity index (χ1n) is 10.7. The fourth-order valence-corrected chi connectivity index (χ4v) is 4.35. The van der Waals surface area contributed by atoms with Gasteiger partial charge >= 0.3 is 6.03 Å². The Kier molecular flexibility index (Phi) is 5.36. The summed E-state index contributed by atoms with van der Waals surface area (Å²) in [5.41, 5.74) is 2.51. The lowest BCUT2D eigenvalue weighted by Crippen LogP contribution is -2.52. The molecule has 1 saturated carbocycles. The number of carbonyl (C=O) groups excluding carboxylic acids is 1. The van der Waals surface area contributed by atoms with E-state index in [0.29, 0.717) is 31.2 Å². The van der Waals surface area contributed by atoms with Gasteiger partial charge in [0, 0.05) is 29.2 Å². The number of benzene rings is 2. The minimum absolute atomic E-state index is 0.114. The molecule has 0 radical (unpaired) electrons. The number of fused-ring (bicyclic) bond motifs is 1. The van der Waals surface area contributed by atoms with Gasteiger partial charge in [0.1, 0.15) is 11.6 Å². The average Bonchev–Trinajstić information content (AvgIpc) is 3.25. The summed E-state index contributed by atoms with van der Waals surface area (Å²) in [5.74, 6) is 1.77. The highest BCUT2D eigenvalue weighted by atomic mass is 16.5. The first-order valence-corrected chi connectivity index (χ1v) is 10.7. The zero-order chi connectivity index (χ0) is 22.1. The SMILES string of the molecule is COc1ccc(N2Cc3cnc(Nc4ccccc4)nc3N([C@@H]3CC[C@H](O)C3)C2=O)cc1. The molecule has 0 spiro atoms. The van der Waals surface area contributed by atoms with Crippen LogP contribution >= 0.6 is 0 Å². The Morgan fingerprint density at radius 2 is 1.88 bits per heavy atom. The number of aliphatic hydroxyl groups is 1. The third-order valence-electron chi connectivity index (χ3n) is 5.99. The smallest absolute Gasteiger partial charge is 0.330 e. The normalized spacial score (nSPS) is 20.2. The van der Waals surface area contributed by atoms with E-state index in [2.05, 4.69) is 10.3 Å². The summed E-state index contributed by atoms with van der Waals surface area (Å²) in [5, 5.41) is 13.4. The Morgan fingerprint density at radius 3 is 2.56 bits per heavy atom. The van der Waals surface area contributed by atoms with Crippen molar-refractivity contribution in [1.82, 2.24) is 9.97 Å². The van der Waals surface area contributed by atoms with Gasteiger partial charge in [0.15, 0.2) is 0 Å². The summed E-state index contributed by atoms with van der Waals surface area (Å²) in [7, 11) is 1.61. The van der Waals surface area contributed by atoms with Gasteiger partial charge in [0.25, 0.3) is 0 Å². The van der Waals surface area contributed by atoms with E-state index in [0.717, 1.165) is 29.1 Å². The summed E-state index contributed by atoms with van der Waals surface area (Å²) in [4.78, 5) is 26.3. The molecule has 5 rings (SSSR count). The van der Waals surface area contributed by atoms with Crippen LogP contribution in [0, 0.1) is 0 Å². The van der Waals surface area contributed by atoms with Crippen molar-refractivity contribution < 1.29 is 14.6 Å². The van der Waals surface area contributed by atoms with Crippen LogP contribution < -0.4 is 19.9 Å². The fraction of sp³-hybridized carbons (Fsp3) is 0.292. The third kappa shape index (κ3) is 3.85. The second-order valence-electron chi connectivity index (χ2n) is 8.09. The maximum Gasteiger partial charge on any atom is 0.330 e. The van der Waals surface area contributed by atoms with Crippen molar-refractivity contribution in [3.8, 4) is 5.75 Å². The molecule has 2 aliphatic rings. The maximum absolute atomic E-state index is 13.7. The summed E-state index contributed by atoms with van der Waals surface area (Å²) in [6, 6.07) is 16.8. The highest BCUT2D eigenvalue weighted by Gasteiger charge is 2.40. The molecule has 2 N–H and O–H groups in total. The molecule has 2 heterocycles. The van der Waals surface area contributed by atoms with Crippen LogP contribution in [0.25, 0.3) is 0 Å². The standard InChI is InChI=1S/C24H25N5O3/c1-32-21-11-8-18(9-12-21)28-15-16-14-25-23(26-17-5-3-2-4-6-17)27-22(16)29(24(28)31)19-7-10-20(30)13-19/h2-6,8-9,11-12,14,19-20,30H,7,10,13,15H2,1H3,(H,25,26,27)/t19-,20+/m1/s1. The van der Waals surface area contributed by atoms with E-state index >= 15 is 0 Å². The van der Waals surface area contributed by atoms with E-state index in [9.17, 15) is 9.90 Å². The Bertz CT molecular complexity index is 1110. The zero-order valence-electron chi connectivity index (χ0n) is 17.8. The summed E-state index contributed by atoms with van der Waals surface area (Å²) in [6.45, 7) is 0.373. The Balaban J connectivity index is 1.51. The molecule has 8 heteroatoms. The van der Waals surface area contributed by atoms with Crippen LogP contribution in [-0.4, -0.2) is 40.4 Å². The van der Waals surface area contributed by atoms with Crippen LogP contribution in [0.4, 0.5) is 27.9 Å². The van der Waals surface area contributed by atoms with Gasteiger partial charge in [-0.3, -0.25) is 9.80 Å². The lowest BCUT2D eigenvalue weighted by molar-refractivity contribution is 0.181. The quantitative estimate of drug-likeness (QED) is 0.632. The lowest BCUT2D eigenvalue weighted by atomic mass is 10.1. The summed E-state index contributed by atoms with van der Waals surface area (Å²) < 4.78 is 5.25. The number of amides is 2. The Morgan fingerprint density at radius 1 is 1.09 bits per heavy atom. The highest BCUT2D eigenvalue weighted by molar-refractivity contribution is 6.06. The first kappa shape index (κ1) is 20.3. The van der Waals surface area contributed by atoms with Gasteiger partial charge in [0.05, 0.1) is 19.8 Å². The number of methoxy groups -OCH3 is 1. The molecular weight excluding hydrogens is 406 g/mol. The molecule has 2 atom stereocenters. The van der Waals surface area contributed by atoms with Gasteiger partial charge in [0.2, 0.25) is 5.95 Å². The van der Waals surface area contributed by atoms with Crippen molar-refractivity contribution in [3.05, 3.63) is 66.4 Å². The molecule has 0 unspecified atom stereocenters. The monoisotopic (exact) mass is 431 g/mol. The number of carbonyl (C=O) groups is 1. The van der Waals surface area contributed by atoms with Crippen molar-refractivity contribution in [2.45, 2.75) is 38.0 Å². The largest absolute Gasteiger partial charge is 0.497 e. The molecule has 0 bridgehead atoms. The van der Waals surface area contributed by atoms with Crippen molar-refractivity contribution in [3.63, 3.8) is 0 Å². The second-order valence-corrected chi connectivity index (χ2v) is 8.09. The molecule has 1 aliphatic carbocycles.